The van der Waals surface area contributed by atoms with Gasteiger partial charge in [0.05, 0.1) is 25.0 Å². The number of ether oxygens (including phenoxy) is 1. The summed E-state index contributed by atoms with van der Waals surface area (Å²) in [7, 11) is 3.17. The van der Waals surface area contributed by atoms with Gasteiger partial charge in [0, 0.05) is 12.7 Å². The van der Waals surface area contributed by atoms with Gasteiger partial charge < -0.3 is 15.4 Å². The van der Waals surface area contributed by atoms with Gasteiger partial charge in [0.2, 0.25) is 0 Å². The second-order valence-corrected chi connectivity index (χ2v) is 4.73. The highest BCUT2D eigenvalue weighted by molar-refractivity contribution is 5.88. The minimum Gasteiger partial charge on any atom is -0.464 e. The molecule has 0 spiro atoms. The predicted octanol–water partition coefficient (Wildman–Crippen LogP) is 1.79. The zero-order chi connectivity index (χ0) is 15.4. The minimum atomic E-state index is -0.488. The summed E-state index contributed by atoms with van der Waals surface area (Å²) in [5.41, 5.74) is 8.52. The molecule has 21 heavy (non-hydrogen) atoms. The molecular formula is C15H18N4O2. The van der Waals surface area contributed by atoms with Crippen molar-refractivity contribution in [3.63, 3.8) is 0 Å². The maximum Gasteiger partial charge on any atom is 0.356 e. The fourth-order valence-corrected chi connectivity index (χ4v) is 1.99. The number of methoxy groups -OCH3 is 1. The summed E-state index contributed by atoms with van der Waals surface area (Å²) in [6.07, 6.45) is 0. The molecule has 0 saturated carbocycles. The number of hydrogen-bond acceptors (Lipinski definition) is 6. The Morgan fingerprint density at radius 3 is 2.71 bits per heavy atom. The quantitative estimate of drug-likeness (QED) is 0.863. The maximum absolute atomic E-state index is 11.5. The largest absolute Gasteiger partial charge is 0.464 e. The van der Waals surface area contributed by atoms with Crippen LogP contribution in [0.5, 0.6) is 0 Å². The summed E-state index contributed by atoms with van der Waals surface area (Å²) >= 11 is 0. The van der Waals surface area contributed by atoms with Crippen molar-refractivity contribution in [2.24, 2.45) is 0 Å². The molecule has 2 aromatic rings. The molecule has 0 bridgehead atoms. The van der Waals surface area contributed by atoms with Crippen LogP contribution in [0.3, 0.4) is 0 Å². The van der Waals surface area contributed by atoms with E-state index in [9.17, 15) is 4.79 Å². The number of hydrogen-bond donors (Lipinski definition) is 1. The molecule has 0 saturated heterocycles. The predicted molar refractivity (Wildman–Crippen MR) is 81.1 cm³/mol. The molecule has 6 heteroatoms. The van der Waals surface area contributed by atoms with Crippen molar-refractivity contribution >= 4 is 17.5 Å². The van der Waals surface area contributed by atoms with Crippen LogP contribution >= 0.6 is 0 Å². The summed E-state index contributed by atoms with van der Waals surface area (Å²) in [6, 6.07) is 9.02. The second kappa shape index (κ2) is 6.21. The number of nitrogens with zero attached hydrogens (tertiary/aromatic N) is 3. The first-order valence-corrected chi connectivity index (χ1v) is 6.49. The van der Waals surface area contributed by atoms with Crippen LogP contribution in [0.25, 0.3) is 0 Å². The van der Waals surface area contributed by atoms with Gasteiger partial charge in [0.1, 0.15) is 0 Å². The van der Waals surface area contributed by atoms with E-state index >= 15 is 0 Å². The minimum absolute atomic E-state index is 0.228. The van der Waals surface area contributed by atoms with Crippen molar-refractivity contribution in [2.45, 2.75) is 13.5 Å². The van der Waals surface area contributed by atoms with E-state index in [4.69, 9.17) is 5.73 Å². The van der Waals surface area contributed by atoms with Crippen molar-refractivity contribution in [3.05, 3.63) is 47.4 Å². The van der Waals surface area contributed by atoms with E-state index in [1.54, 1.807) is 12.1 Å². The number of anilines is 2. The number of aromatic nitrogens is 2. The zero-order valence-corrected chi connectivity index (χ0v) is 12.3. The summed E-state index contributed by atoms with van der Waals surface area (Å²) < 4.78 is 4.67. The van der Waals surface area contributed by atoms with Gasteiger partial charge in [-0.2, -0.15) is 0 Å². The lowest BCUT2D eigenvalue weighted by atomic mass is 10.2. The van der Waals surface area contributed by atoms with E-state index in [0.29, 0.717) is 18.1 Å². The first kappa shape index (κ1) is 14.8. The van der Waals surface area contributed by atoms with E-state index in [1.165, 1.54) is 7.11 Å². The molecule has 0 atom stereocenters. The van der Waals surface area contributed by atoms with Crippen LogP contribution < -0.4 is 10.6 Å². The lowest BCUT2D eigenvalue weighted by molar-refractivity contribution is 0.0594. The van der Waals surface area contributed by atoms with Crippen LogP contribution in [-0.2, 0) is 11.3 Å². The standard InChI is InChI=1S/C15H18N4O2/c1-10-5-4-6-11(17-10)9-19(2)14-12(16)7-8-13(18-14)15(20)21-3/h4-8H,9,16H2,1-3H3. The molecule has 110 valence electrons. The highest BCUT2D eigenvalue weighted by Gasteiger charge is 2.14. The Hall–Kier alpha value is -2.63. The first-order valence-electron chi connectivity index (χ1n) is 6.49. The van der Waals surface area contributed by atoms with Crippen LogP contribution in [0.1, 0.15) is 21.9 Å². The van der Waals surface area contributed by atoms with Crippen LogP contribution in [0.15, 0.2) is 30.3 Å². The van der Waals surface area contributed by atoms with E-state index in [0.717, 1.165) is 11.4 Å². The summed E-state index contributed by atoms with van der Waals surface area (Å²) in [5.74, 6) is 0.0412. The third-order valence-corrected chi connectivity index (χ3v) is 3.01. The molecular weight excluding hydrogens is 268 g/mol. The number of rotatable bonds is 4. The molecule has 0 aliphatic rings. The molecule has 0 amide bonds. The van der Waals surface area contributed by atoms with Gasteiger partial charge in [-0.1, -0.05) is 6.07 Å². The molecule has 0 radical (unpaired) electrons. The van der Waals surface area contributed by atoms with E-state index < -0.39 is 5.97 Å². The fraction of sp³-hybridized carbons (Fsp3) is 0.267. The van der Waals surface area contributed by atoms with E-state index in [-0.39, 0.29) is 5.69 Å². The third kappa shape index (κ3) is 3.47. The number of pyridine rings is 2. The Morgan fingerprint density at radius 1 is 1.29 bits per heavy atom. The summed E-state index contributed by atoms with van der Waals surface area (Å²) in [5, 5.41) is 0. The Bertz CT molecular complexity index is 658. The highest BCUT2D eigenvalue weighted by atomic mass is 16.5. The fourth-order valence-electron chi connectivity index (χ4n) is 1.99. The SMILES string of the molecule is COC(=O)c1ccc(N)c(N(C)Cc2cccc(C)n2)n1. The number of aryl methyl sites for hydroxylation is 1. The summed E-state index contributed by atoms with van der Waals surface area (Å²) in [4.78, 5) is 22.1. The van der Waals surface area contributed by atoms with E-state index in [1.807, 2.05) is 37.1 Å². The molecule has 0 aliphatic carbocycles. The van der Waals surface area contributed by atoms with Gasteiger partial charge >= 0.3 is 5.97 Å². The molecule has 6 nitrogen and oxygen atoms in total. The molecule has 2 heterocycles. The lowest BCUT2D eigenvalue weighted by Gasteiger charge is -2.20. The number of nitrogens with two attached hydrogens (primary N) is 1. The molecule has 0 fully saturated rings. The van der Waals surface area contributed by atoms with E-state index in [2.05, 4.69) is 14.7 Å². The molecule has 2 N–H and O–H groups in total. The Labute approximate surface area is 123 Å². The smallest absolute Gasteiger partial charge is 0.356 e. The average Bonchev–Trinajstić information content (AvgIpc) is 2.46. The monoisotopic (exact) mass is 286 g/mol. The zero-order valence-electron chi connectivity index (χ0n) is 12.3. The summed E-state index contributed by atoms with van der Waals surface area (Å²) in [6.45, 7) is 2.48. The Morgan fingerprint density at radius 2 is 2.05 bits per heavy atom. The van der Waals surface area contributed by atoms with Gasteiger partial charge in [0.15, 0.2) is 11.5 Å². The van der Waals surface area contributed by atoms with Crippen LogP contribution in [0, 0.1) is 6.92 Å². The topological polar surface area (TPSA) is 81.3 Å². The number of nitrogen functional groups attached to an aromatic ring is 1. The van der Waals surface area contributed by atoms with Crippen molar-refractivity contribution < 1.29 is 9.53 Å². The van der Waals surface area contributed by atoms with Crippen molar-refractivity contribution in [3.8, 4) is 0 Å². The lowest BCUT2D eigenvalue weighted by Crippen LogP contribution is -2.21. The Kier molecular flexibility index (Phi) is 4.37. The van der Waals surface area contributed by atoms with Gasteiger partial charge in [0.25, 0.3) is 0 Å². The van der Waals surface area contributed by atoms with Crippen LogP contribution in [0.4, 0.5) is 11.5 Å². The van der Waals surface area contributed by atoms with Gasteiger partial charge in [-0.15, -0.1) is 0 Å². The number of carbonyl (C=O) groups excluding carboxylic acids is 1. The third-order valence-electron chi connectivity index (χ3n) is 3.01. The van der Waals surface area contributed by atoms with Gasteiger partial charge in [-0.3, -0.25) is 4.98 Å². The van der Waals surface area contributed by atoms with Gasteiger partial charge in [-0.25, -0.2) is 9.78 Å². The first-order chi connectivity index (χ1) is 10.0. The highest BCUT2D eigenvalue weighted by Crippen LogP contribution is 2.21. The van der Waals surface area contributed by atoms with Gasteiger partial charge in [-0.05, 0) is 31.2 Å². The van der Waals surface area contributed by atoms with Crippen LogP contribution in [0.2, 0.25) is 0 Å². The molecule has 2 aromatic heterocycles. The van der Waals surface area contributed by atoms with Crippen molar-refractivity contribution in [1.29, 1.82) is 0 Å². The second-order valence-electron chi connectivity index (χ2n) is 4.73. The normalized spacial score (nSPS) is 10.2. The average molecular weight is 286 g/mol. The molecule has 0 aliphatic heterocycles. The number of esters is 1. The van der Waals surface area contributed by atoms with Crippen LogP contribution in [-0.4, -0.2) is 30.1 Å². The molecule has 0 aromatic carbocycles. The Balaban J connectivity index is 2.26. The molecule has 2 rings (SSSR count). The number of carbonyl (C=O) groups is 1. The maximum atomic E-state index is 11.5. The van der Waals surface area contributed by atoms with Crippen molar-refractivity contribution in [1.82, 2.24) is 9.97 Å². The molecule has 0 unspecified atom stereocenters. The van der Waals surface area contributed by atoms with Crippen molar-refractivity contribution in [2.75, 3.05) is 24.8 Å².